The van der Waals surface area contributed by atoms with Crippen LogP contribution in [-0.2, 0) is 6.54 Å². The average Bonchev–Trinajstić information content (AvgIpc) is 2.65. The monoisotopic (exact) mass is 274 g/mol. The van der Waals surface area contributed by atoms with Crippen LogP contribution in [0, 0.1) is 5.41 Å². The number of aromatic carboxylic acids is 1. The van der Waals surface area contributed by atoms with Crippen molar-refractivity contribution in [3.05, 3.63) is 29.6 Å². The van der Waals surface area contributed by atoms with Crippen LogP contribution in [-0.4, -0.2) is 34.0 Å². The Labute approximate surface area is 119 Å². The zero-order chi connectivity index (χ0) is 14.0. The molecule has 1 saturated heterocycles. The van der Waals surface area contributed by atoms with Gasteiger partial charge in [-0.05, 0) is 29.9 Å². The molecule has 1 aliphatic heterocycles. The van der Waals surface area contributed by atoms with E-state index in [1.54, 1.807) is 12.3 Å². The first-order valence-corrected chi connectivity index (χ1v) is 7.58. The molecule has 3 rings (SSSR count). The van der Waals surface area contributed by atoms with Crippen molar-refractivity contribution in [2.45, 2.75) is 45.1 Å². The summed E-state index contributed by atoms with van der Waals surface area (Å²) < 4.78 is 0. The molecule has 4 heteroatoms. The van der Waals surface area contributed by atoms with Crippen molar-refractivity contribution < 1.29 is 9.90 Å². The molecule has 108 valence electrons. The van der Waals surface area contributed by atoms with Crippen molar-refractivity contribution >= 4 is 5.97 Å². The second kappa shape index (κ2) is 5.52. The van der Waals surface area contributed by atoms with E-state index in [-0.39, 0.29) is 5.69 Å². The fraction of sp³-hybridized carbons (Fsp3) is 0.625. The number of hydrogen-bond donors (Lipinski definition) is 1. The number of nitrogens with zero attached hydrogens (tertiary/aromatic N) is 2. The molecule has 2 fully saturated rings. The molecule has 0 unspecified atom stereocenters. The molecule has 0 bridgehead atoms. The van der Waals surface area contributed by atoms with Gasteiger partial charge in [0.1, 0.15) is 5.69 Å². The van der Waals surface area contributed by atoms with Crippen LogP contribution in [0.2, 0.25) is 0 Å². The molecule has 1 aromatic heterocycles. The highest BCUT2D eigenvalue weighted by molar-refractivity contribution is 5.85. The first-order chi connectivity index (χ1) is 9.67. The Morgan fingerprint density at radius 3 is 2.45 bits per heavy atom. The van der Waals surface area contributed by atoms with E-state index >= 15 is 0 Å². The molecular weight excluding hydrogens is 252 g/mol. The number of carboxylic acids is 1. The lowest BCUT2D eigenvalue weighted by Crippen LogP contribution is -2.55. The largest absolute Gasteiger partial charge is 0.477 e. The number of likely N-dealkylation sites (tertiary alicyclic amines) is 1. The van der Waals surface area contributed by atoms with E-state index in [9.17, 15) is 4.79 Å². The van der Waals surface area contributed by atoms with Crippen LogP contribution >= 0.6 is 0 Å². The van der Waals surface area contributed by atoms with Gasteiger partial charge in [-0.2, -0.15) is 0 Å². The Balaban J connectivity index is 1.54. The normalized spacial score (nSPS) is 22.2. The van der Waals surface area contributed by atoms with Gasteiger partial charge in [0.25, 0.3) is 0 Å². The van der Waals surface area contributed by atoms with Gasteiger partial charge in [0.2, 0.25) is 0 Å². The number of rotatable bonds is 3. The fourth-order valence-electron chi connectivity index (χ4n) is 3.71. The van der Waals surface area contributed by atoms with E-state index < -0.39 is 5.97 Å². The second-order valence-electron chi connectivity index (χ2n) is 6.42. The predicted molar refractivity (Wildman–Crippen MR) is 76.6 cm³/mol. The van der Waals surface area contributed by atoms with Crippen LogP contribution in [0.15, 0.2) is 18.3 Å². The fourth-order valence-corrected chi connectivity index (χ4v) is 3.71. The van der Waals surface area contributed by atoms with Crippen molar-refractivity contribution in [3.63, 3.8) is 0 Å². The van der Waals surface area contributed by atoms with Crippen LogP contribution in [0.3, 0.4) is 0 Å². The lowest BCUT2D eigenvalue weighted by atomic mass is 9.73. The molecule has 20 heavy (non-hydrogen) atoms. The van der Waals surface area contributed by atoms with Gasteiger partial charge in [-0.3, -0.25) is 4.90 Å². The van der Waals surface area contributed by atoms with Gasteiger partial charge in [0, 0.05) is 25.8 Å². The molecule has 1 spiro atoms. The van der Waals surface area contributed by atoms with Gasteiger partial charge in [-0.25, -0.2) is 9.78 Å². The van der Waals surface area contributed by atoms with Crippen molar-refractivity contribution in [3.8, 4) is 0 Å². The summed E-state index contributed by atoms with van der Waals surface area (Å²) in [7, 11) is 0. The van der Waals surface area contributed by atoms with Crippen molar-refractivity contribution in [2.24, 2.45) is 5.41 Å². The summed E-state index contributed by atoms with van der Waals surface area (Å²) in [4.78, 5) is 17.2. The number of hydrogen-bond acceptors (Lipinski definition) is 3. The number of aromatic nitrogens is 1. The Morgan fingerprint density at radius 2 is 1.90 bits per heavy atom. The highest BCUT2D eigenvalue weighted by atomic mass is 16.4. The maximum atomic E-state index is 10.8. The molecule has 0 radical (unpaired) electrons. The minimum atomic E-state index is -0.960. The molecule has 4 nitrogen and oxygen atoms in total. The first kappa shape index (κ1) is 13.6. The van der Waals surface area contributed by atoms with E-state index in [1.807, 2.05) is 6.07 Å². The van der Waals surface area contributed by atoms with Crippen LogP contribution in [0.5, 0.6) is 0 Å². The minimum Gasteiger partial charge on any atom is -0.477 e. The van der Waals surface area contributed by atoms with Crippen LogP contribution in [0.25, 0.3) is 0 Å². The molecule has 0 amide bonds. The third-order valence-electron chi connectivity index (χ3n) is 4.73. The van der Waals surface area contributed by atoms with E-state index in [0.29, 0.717) is 5.41 Å². The lowest BCUT2D eigenvalue weighted by molar-refractivity contribution is -0.0176. The summed E-state index contributed by atoms with van der Waals surface area (Å²) >= 11 is 0. The van der Waals surface area contributed by atoms with Gasteiger partial charge in [0.05, 0.1) is 0 Å². The van der Waals surface area contributed by atoms with Crippen LogP contribution in [0.1, 0.15) is 54.6 Å². The highest BCUT2D eigenvalue weighted by Gasteiger charge is 2.42. The molecule has 1 aromatic rings. The second-order valence-corrected chi connectivity index (χ2v) is 6.42. The molecule has 1 aliphatic carbocycles. The number of carboxylic acid groups (broad SMARTS) is 1. The summed E-state index contributed by atoms with van der Waals surface area (Å²) in [5.74, 6) is -0.960. The van der Waals surface area contributed by atoms with E-state index in [4.69, 9.17) is 5.11 Å². The van der Waals surface area contributed by atoms with Crippen molar-refractivity contribution in [2.75, 3.05) is 13.1 Å². The molecular formula is C16H22N2O2. The zero-order valence-corrected chi connectivity index (χ0v) is 11.8. The smallest absolute Gasteiger partial charge is 0.354 e. The summed E-state index contributed by atoms with van der Waals surface area (Å²) in [5.41, 5.74) is 1.82. The van der Waals surface area contributed by atoms with E-state index in [1.165, 1.54) is 51.6 Å². The van der Waals surface area contributed by atoms with Gasteiger partial charge < -0.3 is 5.11 Å². The molecule has 2 aliphatic rings. The predicted octanol–water partition coefficient (Wildman–Crippen LogP) is 2.94. The van der Waals surface area contributed by atoms with Crippen molar-refractivity contribution in [1.29, 1.82) is 0 Å². The third kappa shape index (κ3) is 2.85. The SMILES string of the molecule is O=C(O)c1ccc(CN2CC3(CCCCCC3)C2)cn1. The highest BCUT2D eigenvalue weighted by Crippen LogP contribution is 2.43. The maximum absolute atomic E-state index is 10.8. The Hall–Kier alpha value is -1.42. The van der Waals surface area contributed by atoms with Gasteiger partial charge in [-0.15, -0.1) is 0 Å². The average molecular weight is 274 g/mol. The quantitative estimate of drug-likeness (QED) is 0.920. The molecule has 1 N–H and O–H groups in total. The third-order valence-corrected chi connectivity index (χ3v) is 4.73. The van der Waals surface area contributed by atoms with E-state index in [2.05, 4.69) is 9.88 Å². The Morgan fingerprint density at radius 1 is 1.20 bits per heavy atom. The Bertz CT molecular complexity index is 468. The number of carbonyl (C=O) groups is 1. The minimum absolute atomic E-state index is 0.123. The first-order valence-electron chi connectivity index (χ1n) is 7.58. The van der Waals surface area contributed by atoms with Crippen molar-refractivity contribution in [1.82, 2.24) is 9.88 Å². The summed E-state index contributed by atoms with van der Waals surface area (Å²) in [6.07, 6.45) is 10.1. The van der Waals surface area contributed by atoms with Gasteiger partial charge in [-0.1, -0.05) is 31.7 Å². The Kier molecular flexibility index (Phi) is 3.74. The molecule has 1 saturated carbocycles. The standard InChI is InChI=1S/C16H22N2O2/c19-15(20)14-6-5-13(9-17-14)10-18-11-16(12-18)7-3-1-2-4-8-16/h5-6,9H,1-4,7-8,10-12H2,(H,19,20). The summed E-state index contributed by atoms with van der Waals surface area (Å²) in [6.45, 7) is 3.30. The maximum Gasteiger partial charge on any atom is 0.354 e. The zero-order valence-electron chi connectivity index (χ0n) is 11.8. The molecule has 0 aromatic carbocycles. The molecule has 0 atom stereocenters. The lowest BCUT2D eigenvalue weighted by Gasteiger charge is -2.50. The van der Waals surface area contributed by atoms with Crippen LogP contribution in [0.4, 0.5) is 0 Å². The van der Waals surface area contributed by atoms with Crippen LogP contribution < -0.4 is 0 Å². The summed E-state index contributed by atoms with van der Waals surface area (Å²) in [5, 5.41) is 8.83. The summed E-state index contributed by atoms with van der Waals surface area (Å²) in [6, 6.07) is 3.48. The van der Waals surface area contributed by atoms with E-state index in [0.717, 1.165) is 12.1 Å². The molecule has 2 heterocycles. The topological polar surface area (TPSA) is 53.4 Å². The van der Waals surface area contributed by atoms with Gasteiger partial charge in [0.15, 0.2) is 0 Å². The van der Waals surface area contributed by atoms with Gasteiger partial charge >= 0.3 is 5.97 Å². The number of pyridine rings is 1.